The fourth-order valence-electron chi connectivity index (χ4n) is 3.06. The van der Waals surface area contributed by atoms with E-state index >= 15 is 0 Å². The lowest BCUT2D eigenvalue weighted by Gasteiger charge is -2.37. The van der Waals surface area contributed by atoms with Crippen LogP contribution < -0.4 is 10.6 Å². The summed E-state index contributed by atoms with van der Waals surface area (Å²) in [5, 5.41) is 10.6. The molecule has 2 rings (SSSR count). The first-order chi connectivity index (χ1) is 13.2. The Morgan fingerprint density at radius 2 is 2.10 bits per heavy atom. The van der Waals surface area contributed by atoms with Crippen LogP contribution in [-0.4, -0.2) is 53.9 Å². The number of halogens is 1. The van der Waals surface area contributed by atoms with Crippen LogP contribution in [0.4, 0.5) is 4.79 Å². The van der Waals surface area contributed by atoms with Crippen LogP contribution in [0.25, 0.3) is 0 Å². The predicted octanol–water partition coefficient (Wildman–Crippen LogP) is 3.87. The zero-order valence-electron chi connectivity index (χ0n) is 18.4. The third-order valence-corrected chi connectivity index (χ3v) is 4.58. The number of hydrogen-bond donors (Lipinski definition) is 2. The molecular weight excluding hydrogens is 485 g/mol. The first-order valence-corrected chi connectivity index (χ1v) is 10.1. The molecule has 0 saturated carbocycles. The molecule has 2 N–H and O–H groups in total. The quantitative estimate of drug-likeness (QED) is 0.347. The molecular formula is C20H36IN5O3. The smallest absolute Gasteiger partial charge is 0.410 e. The van der Waals surface area contributed by atoms with E-state index < -0.39 is 5.60 Å². The van der Waals surface area contributed by atoms with E-state index in [1.165, 1.54) is 0 Å². The second-order valence-corrected chi connectivity index (χ2v) is 8.50. The molecule has 0 aliphatic carbocycles. The predicted molar refractivity (Wildman–Crippen MR) is 125 cm³/mol. The summed E-state index contributed by atoms with van der Waals surface area (Å²) < 4.78 is 10.9. The van der Waals surface area contributed by atoms with Crippen LogP contribution in [-0.2, 0) is 11.3 Å². The highest BCUT2D eigenvalue weighted by Gasteiger charge is 2.30. The number of guanidine groups is 1. The fourth-order valence-corrected chi connectivity index (χ4v) is 3.06. The van der Waals surface area contributed by atoms with Crippen LogP contribution in [0.15, 0.2) is 15.6 Å². The average molecular weight is 521 g/mol. The van der Waals surface area contributed by atoms with Crippen LogP contribution in [0, 0.1) is 0 Å². The van der Waals surface area contributed by atoms with Crippen LogP contribution in [0.5, 0.6) is 0 Å². The highest BCUT2D eigenvalue weighted by molar-refractivity contribution is 14.0. The molecule has 1 aromatic heterocycles. The molecule has 1 aromatic rings. The van der Waals surface area contributed by atoms with Gasteiger partial charge in [0.15, 0.2) is 11.7 Å². The number of carbonyl (C=O) groups excluding carboxylic acids is 1. The average Bonchev–Trinajstić information content (AvgIpc) is 3.10. The van der Waals surface area contributed by atoms with Crippen molar-refractivity contribution in [2.75, 3.05) is 20.1 Å². The molecule has 166 valence electrons. The molecule has 0 spiro atoms. The maximum absolute atomic E-state index is 12.5. The van der Waals surface area contributed by atoms with E-state index in [0.29, 0.717) is 25.0 Å². The topological polar surface area (TPSA) is 92.0 Å². The van der Waals surface area contributed by atoms with Crippen molar-refractivity contribution < 1.29 is 14.1 Å². The molecule has 2 heterocycles. The molecule has 1 saturated heterocycles. The minimum Gasteiger partial charge on any atom is -0.444 e. The lowest BCUT2D eigenvalue weighted by atomic mass is 10.0. The highest BCUT2D eigenvalue weighted by atomic mass is 127. The zero-order valence-corrected chi connectivity index (χ0v) is 20.8. The normalized spacial score (nSPS) is 17.7. The summed E-state index contributed by atoms with van der Waals surface area (Å²) in [7, 11) is 1.72. The highest BCUT2D eigenvalue weighted by Crippen LogP contribution is 2.20. The molecule has 9 heteroatoms. The van der Waals surface area contributed by atoms with E-state index in [1.807, 2.05) is 31.7 Å². The summed E-state index contributed by atoms with van der Waals surface area (Å²) in [6.45, 7) is 11.7. The van der Waals surface area contributed by atoms with Gasteiger partial charge in [0, 0.05) is 26.2 Å². The number of rotatable bonds is 5. The number of nitrogens with one attached hydrogen (secondary N) is 2. The number of likely N-dealkylation sites (tertiary alicyclic amines) is 1. The second kappa shape index (κ2) is 11.6. The lowest BCUT2D eigenvalue weighted by Crippen LogP contribution is -2.52. The molecule has 1 aliphatic rings. The van der Waals surface area contributed by atoms with E-state index in [1.54, 1.807) is 7.05 Å². The van der Waals surface area contributed by atoms with Gasteiger partial charge >= 0.3 is 6.09 Å². The number of hydrogen-bond acceptors (Lipinski definition) is 5. The first-order valence-electron chi connectivity index (χ1n) is 10.1. The molecule has 1 amide bonds. The van der Waals surface area contributed by atoms with Gasteiger partial charge in [-0.2, -0.15) is 0 Å². The van der Waals surface area contributed by atoms with E-state index in [2.05, 4.69) is 34.6 Å². The minimum atomic E-state index is -0.490. The Hall–Kier alpha value is -1.52. The van der Waals surface area contributed by atoms with Crippen molar-refractivity contribution >= 4 is 36.0 Å². The third-order valence-electron chi connectivity index (χ3n) is 4.58. The summed E-state index contributed by atoms with van der Waals surface area (Å²) in [6.07, 6.45) is 2.81. The standard InChI is InChI=1S/C20H35N5O3.HI/c1-14(2)17-11-16(28-24-17)13-23-18(21-6)22-12-15-9-7-8-10-25(15)19(26)27-20(3,4)5;/h11,14-15H,7-10,12-13H2,1-6H3,(H2,21,22,23);1H. The number of carbonyl (C=O) groups is 1. The zero-order chi connectivity index (χ0) is 20.7. The second-order valence-electron chi connectivity index (χ2n) is 8.50. The van der Waals surface area contributed by atoms with E-state index in [9.17, 15) is 4.79 Å². The maximum atomic E-state index is 12.5. The first kappa shape index (κ1) is 25.5. The van der Waals surface area contributed by atoms with Gasteiger partial charge in [-0.3, -0.25) is 4.99 Å². The Morgan fingerprint density at radius 3 is 2.69 bits per heavy atom. The maximum Gasteiger partial charge on any atom is 0.410 e. The largest absolute Gasteiger partial charge is 0.444 e. The van der Waals surface area contributed by atoms with Crippen LogP contribution in [0.2, 0.25) is 0 Å². The minimum absolute atomic E-state index is 0. The molecule has 8 nitrogen and oxygen atoms in total. The molecule has 1 unspecified atom stereocenters. The number of nitrogens with zero attached hydrogens (tertiary/aromatic N) is 3. The number of aliphatic imine (C=N–C) groups is 1. The third kappa shape index (κ3) is 8.39. The number of piperidine rings is 1. The molecule has 0 aromatic carbocycles. The van der Waals surface area contributed by atoms with Gasteiger partial charge in [-0.05, 0) is 46.0 Å². The Balaban J connectivity index is 0.00000420. The van der Waals surface area contributed by atoms with Crippen molar-refractivity contribution in [1.82, 2.24) is 20.7 Å². The SMILES string of the molecule is CN=C(NCc1cc(C(C)C)no1)NCC1CCCCN1C(=O)OC(C)(C)C.I. The van der Waals surface area contributed by atoms with Crippen LogP contribution in [0.1, 0.15) is 71.3 Å². The Labute approximate surface area is 191 Å². The van der Waals surface area contributed by atoms with Crippen LogP contribution >= 0.6 is 24.0 Å². The Bertz CT molecular complexity index is 669. The molecule has 0 bridgehead atoms. The fraction of sp³-hybridized carbons (Fsp3) is 0.750. The molecule has 1 fully saturated rings. The van der Waals surface area contributed by atoms with Crippen molar-refractivity contribution in [2.45, 2.75) is 78.0 Å². The van der Waals surface area contributed by atoms with E-state index in [0.717, 1.165) is 37.3 Å². The van der Waals surface area contributed by atoms with Gasteiger partial charge in [0.2, 0.25) is 0 Å². The summed E-state index contributed by atoms with van der Waals surface area (Å²) in [4.78, 5) is 18.6. The van der Waals surface area contributed by atoms with Crippen molar-refractivity contribution in [1.29, 1.82) is 0 Å². The van der Waals surface area contributed by atoms with Gasteiger partial charge in [0.05, 0.1) is 18.3 Å². The summed E-state index contributed by atoms with van der Waals surface area (Å²) >= 11 is 0. The van der Waals surface area contributed by atoms with Crippen molar-refractivity contribution in [3.63, 3.8) is 0 Å². The van der Waals surface area contributed by atoms with Gasteiger partial charge in [-0.25, -0.2) is 4.79 Å². The molecule has 1 atom stereocenters. The van der Waals surface area contributed by atoms with Crippen molar-refractivity contribution in [2.24, 2.45) is 4.99 Å². The summed E-state index contributed by atoms with van der Waals surface area (Å²) in [5.41, 5.74) is 0.450. The molecule has 29 heavy (non-hydrogen) atoms. The monoisotopic (exact) mass is 521 g/mol. The van der Waals surface area contributed by atoms with Crippen molar-refractivity contribution in [3.8, 4) is 0 Å². The van der Waals surface area contributed by atoms with Gasteiger partial charge in [-0.15, -0.1) is 24.0 Å². The number of amides is 1. The van der Waals surface area contributed by atoms with E-state index in [-0.39, 0.29) is 36.1 Å². The summed E-state index contributed by atoms with van der Waals surface area (Å²) in [6, 6.07) is 2.04. The van der Waals surface area contributed by atoms with E-state index in [4.69, 9.17) is 9.26 Å². The number of ether oxygens (including phenoxy) is 1. The van der Waals surface area contributed by atoms with Gasteiger partial charge < -0.3 is 24.8 Å². The van der Waals surface area contributed by atoms with Gasteiger partial charge in [0.1, 0.15) is 5.60 Å². The van der Waals surface area contributed by atoms with Gasteiger partial charge in [-0.1, -0.05) is 19.0 Å². The molecule has 1 aliphatic heterocycles. The van der Waals surface area contributed by atoms with Crippen LogP contribution in [0.3, 0.4) is 0 Å². The summed E-state index contributed by atoms with van der Waals surface area (Å²) in [5.74, 6) is 1.76. The Morgan fingerprint density at radius 1 is 1.38 bits per heavy atom. The van der Waals surface area contributed by atoms with Crippen molar-refractivity contribution in [3.05, 3.63) is 17.5 Å². The van der Waals surface area contributed by atoms with Gasteiger partial charge in [0.25, 0.3) is 0 Å². The Kier molecular flexibility index (Phi) is 10.2. The lowest BCUT2D eigenvalue weighted by molar-refractivity contribution is 0.0104. The molecule has 0 radical (unpaired) electrons. The number of aromatic nitrogens is 1.